The maximum atomic E-state index is 13.1. The normalized spacial score (nSPS) is 12.6. The van der Waals surface area contributed by atoms with Gasteiger partial charge in [0.05, 0.1) is 26.9 Å². The first-order valence-corrected chi connectivity index (χ1v) is 11.7. The predicted molar refractivity (Wildman–Crippen MR) is 117 cm³/mol. The van der Waals surface area contributed by atoms with Crippen molar-refractivity contribution in [1.29, 1.82) is 0 Å². The van der Waals surface area contributed by atoms with Gasteiger partial charge in [-0.05, 0) is 42.5 Å². The number of para-hydroxylation sites is 2. The molecule has 0 atom stereocenters. The van der Waals surface area contributed by atoms with Crippen LogP contribution in [-0.2, 0) is 19.6 Å². The Kier molecular flexibility index (Phi) is 5.76. The summed E-state index contributed by atoms with van der Waals surface area (Å²) in [6.45, 7) is -0.567. The second-order valence-electron chi connectivity index (χ2n) is 6.53. The average molecular weight is 475 g/mol. The Labute approximate surface area is 187 Å². The zero-order valence-corrected chi connectivity index (χ0v) is 18.2. The van der Waals surface area contributed by atoms with E-state index in [1.807, 2.05) is 48.5 Å². The van der Waals surface area contributed by atoms with Crippen LogP contribution in [0.15, 0.2) is 81.4 Å². The molecule has 1 aliphatic heterocycles. The Morgan fingerprint density at radius 1 is 0.968 bits per heavy atom. The van der Waals surface area contributed by atoms with Crippen molar-refractivity contribution in [3.63, 3.8) is 0 Å². The van der Waals surface area contributed by atoms with Crippen molar-refractivity contribution in [1.82, 2.24) is 0 Å². The first kappa shape index (κ1) is 21.4. The molecule has 10 heteroatoms. The lowest BCUT2D eigenvalue weighted by Gasteiger charge is -2.30. The number of rotatable bonds is 4. The van der Waals surface area contributed by atoms with Crippen LogP contribution in [0.5, 0.6) is 0 Å². The summed E-state index contributed by atoms with van der Waals surface area (Å²) < 4.78 is 28.3. The molecule has 1 aliphatic rings. The zero-order valence-electron chi connectivity index (χ0n) is 15.8. The summed E-state index contributed by atoms with van der Waals surface area (Å²) in [6, 6.07) is 18.2. The van der Waals surface area contributed by atoms with E-state index in [0.29, 0.717) is 11.4 Å². The number of hydrogen-bond donors (Lipinski definition) is 1. The minimum Gasteiger partial charge on any atom is -0.452 e. The molecule has 0 saturated carbocycles. The Hall–Kier alpha value is -2.85. The SMILES string of the molecule is NS(=O)(=O)c1ccc(Cl)c(C(=O)OCC(=O)N2c3ccccc3Sc3ccccc32)c1. The summed E-state index contributed by atoms with van der Waals surface area (Å²) in [4.78, 5) is 28.6. The largest absolute Gasteiger partial charge is 0.452 e. The van der Waals surface area contributed by atoms with Crippen LogP contribution >= 0.6 is 23.4 Å². The molecule has 1 amide bonds. The van der Waals surface area contributed by atoms with Crippen molar-refractivity contribution in [2.24, 2.45) is 5.14 Å². The van der Waals surface area contributed by atoms with Crippen LogP contribution in [0.3, 0.4) is 0 Å². The molecule has 158 valence electrons. The second kappa shape index (κ2) is 8.35. The Morgan fingerprint density at radius 3 is 2.13 bits per heavy atom. The number of halogens is 1. The van der Waals surface area contributed by atoms with E-state index < -0.39 is 28.5 Å². The van der Waals surface area contributed by atoms with E-state index in [9.17, 15) is 18.0 Å². The van der Waals surface area contributed by atoms with Crippen LogP contribution < -0.4 is 10.0 Å². The fourth-order valence-corrected chi connectivity index (χ4v) is 4.87. The molecule has 7 nitrogen and oxygen atoms in total. The maximum Gasteiger partial charge on any atom is 0.340 e. The van der Waals surface area contributed by atoms with Gasteiger partial charge in [0, 0.05) is 9.79 Å². The van der Waals surface area contributed by atoms with Crippen molar-refractivity contribution in [3.8, 4) is 0 Å². The third-order valence-corrected chi connectivity index (χ3v) is 6.87. The van der Waals surface area contributed by atoms with Crippen LogP contribution in [0.25, 0.3) is 0 Å². The molecule has 2 N–H and O–H groups in total. The van der Waals surface area contributed by atoms with E-state index in [1.165, 1.54) is 17.0 Å². The second-order valence-corrected chi connectivity index (χ2v) is 9.58. The molecule has 0 aliphatic carbocycles. The summed E-state index contributed by atoms with van der Waals surface area (Å²) >= 11 is 7.55. The summed E-state index contributed by atoms with van der Waals surface area (Å²) in [7, 11) is -4.03. The topological polar surface area (TPSA) is 107 Å². The van der Waals surface area contributed by atoms with Gasteiger partial charge in [0.15, 0.2) is 6.61 Å². The number of amides is 1. The highest BCUT2D eigenvalue weighted by Crippen LogP contribution is 2.47. The van der Waals surface area contributed by atoms with E-state index in [0.717, 1.165) is 15.9 Å². The van der Waals surface area contributed by atoms with Crippen LogP contribution in [-0.4, -0.2) is 26.9 Å². The summed E-state index contributed by atoms with van der Waals surface area (Å²) in [5.74, 6) is -1.40. The summed E-state index contributed by atoms with van der Waals surface area (Å²) in [6.07, 6.45) is 0. The number of primary sulfonamides is 1. The van der Waals surface area contributed by atoms with Crippen LogP contribution in [0, 0.1) is 0 Å². The van der Waals surface area contributed by atoms with E-state index in [4.69, 9.17) is 21.5 Å². The molecule has 1 heterocycles. The molecule has 0 unspecified atom stereocenters. The number of nitrogens with zero attached hydrogens (tertiary/aromatic N) is 1. The molecule has 31 heavy (non-hydrogen) atoms. The van der Waals surface area contributed by atoms with Crippen LogP contribution in [0.4, 0.5) is 11.4 Å². The van der Waals surface area contributed by atoms with E-state index in [2.05, 4.69) is 0 Å². The van der Waals surface area contributed by atoms with Crippen molar-refractivity contribution in [2.45, 2.75) is 14.7 Å². The number of nitrogens with two attached hydrogens (primary N) is 1. The minimum absolute atomic E-state index is 0.0186. The molecule has 3 aromatic carbocycles. The van der Waals surface area contributed by atoms with Gasteiger partial charge < -0.3 is 4.74 Å². The lowest BCUT2D eigenvalue weighted by Crippen LogP contribution is -2.32. The van der Waals surface area contributed by atoms with E-state index in [1.54, 1.807) is 11.8 Å². The molecule has 0 bridgehead atoms. The van der Waals surface area contributed by atoms with Gasteiger partial charge in [-0.2, -0.15) is 0 Å². The standard InChI is InChI=1S/C21H15ClN2O5S2/c22-15-10-9-13(31(23,27)28)11-14(15)21(26)29-12-20(25)24-16-5-1-3-7-18(16)30-19-8-4-2-6-17(19)24/h1-11H,12H2,(H2,23,27,28). The highest BCUT2D eigenvalue weighted by molar-refractivity contribution is 7.99. The molecule has 3 aromatic rings. The molecule has 0 spiro atoms. The number of hydrogen-bond acceptors (Lipinski definition) is 6. The van der Waals surface area contributed by atoms with Crippen LogP contribution in [0.2, 0.25) is 5.02 Å². The number of sulfonamides is 1. The first-order chi connectivity index (χ1) is 14.8. The number of carbonyl (C=O) groups excluding carboxylic acids is 2. The highest BCUT2D eigenvalue weighted by atomic mass is 35.5. The minimum atomic E-state index is -4.03. The Morgan fingerprint density at radius 2 is 1.55 bits per heavy atom. The van der Waals surface area contributed by atoms with Gasteiger partial charge in [0.25, 0.3) is 5.91 Å². The van der Waals surface area contributed by atoms with Crippen molar-refractivity contribution in [2.75, 3.05) is 11.5 Å². The maximum absolute atomic E-state index is 13.1. The smallest absolute Gasteiger partial charge is 0.340 e. The van der Waals surface area contributed by atoms with Gasteiger partial charge in [-0.3, -0.25) is 9.69 Å². The average Bonchev–Trinajstić information content (AvgIpc) is 2.75. The molecular formula is C21H15ClN2O5S2. The lowest BCUT2D eigenvalue weighted by atomic mass is 10.2. The first-order valence-electron chi connectivity index (χ1n) is 8.94. The number of ether oxygens (including phenoxy) is 1. The molecular weight excluding hydrogens is 460 g/mol. The number of esters is 1. The highest BCUT2D eigenvalue weighted by Gasteiger charge is 2.29. The quantitative estimate of drug-likeness (QED) is 0.573. The molecule has 4 rings (SSSR count). The van der Waals surface area contributed by atoms with Gasteiger partial charge in [-0.15, -0.1) is 0 Å². The fourth-order valence-electron chi connectivity index (χ4n) is 3.08. The molecule has 0 fully saturated rings. The van der Waals surface area contributed by atoms with Crippen molar-refractivity contribution < 1.29 is 22.7 Å². The van der Waals surface area contributed by atoms with E-state index >= 15 is 0 Å². The zero-order chi connectivity index (χ0) is 22.2. The Balaban J connectivity index is 1.59. The van der Waals surface area contributed by atoms with Crippen LogP contribution in [0.1, 0.15) is 10.4 Å². The Bertz CT molecular complexity index is 1270. The predicted octanol–water partition coefficient (Wildman–Crippen LogP) is 3.97. The number of benzene rings is 3. The number of carbonyl (C=O) groups is 2. The van der Waals surface area contributed by atoms with Gasteiger partial charge in [-0.1, -0.05) is 47.6 Å². The van der Waals surface area contributed by atoms with Gasteiger partial charge in [-0.25, -0.2) is 18.4 Å². The monoisotopic (exact) mass is 474 g/mol. The fraction of sp³-hybridized carbons (Fsp3) is 0.0476. The van der Waals surface area contributed by atoms with Gasteiger partial charge in [0.2, 0.25) is 10.0 Å². The molecule has 0 aromatic heterocycles. The molecule has 0 radical (unpaired) electrons. The number of anilines is 2. The molecule has 0 saturated heterocycles. The third kappa shape index (κ3) is 4.31. The summed E-state index contributed by atoms with van der Waals surface area (Å²) in [5, 5.41) is 5.08. The number of fused-ring (bicyclic) bond motifs is 2. The summed E-state index contributed by atoms with van der Waals surface area (Å²) in [5.41, 5.74) is 1.17. The van der Waals surface area contributed by atoms with Crippen molar-refractivity contribution in [3.05, 3.63) is 77.3 Å². The van der Waals surface area contributed by atoms with E-state index in [-0.39, 0.29) is 15.5 Å². The van der Waals surface area contributed by atoms with Gasteiger partial charge in [0.1, 0.15) is 0 Å². The van der Waals surface area contributed by atoms with Crippen molar-refractivity contribution >= 4 is 56.6 Å². The third-order valence-electron chi connectivity index (χ3n) is 4.49. The lowest BCUT2D eigenvalue weighted by molar-refractivity contribution is -0.121. The van der Waals surface area contributed by atoms with Gasteiger partial charge >= 0.3 is 5.97 Å².